The van der Waals surface area contributed by atoms with E-state index in [9.17, 15) is 0 Å². The molecule has 0 aliphatic carbocycles. The molecule has 0 aliphatic heterocycles. The molecule has 0 fully saturated rings. The Kier molecular flexibility index (Phi) is 5.48. The van der Waals surface area contributed by atoms with Crippen molar-refractivity contribution in [3.8, 4) is 22.3 Å². The van der Waals surface area contributed by atoms with Gasteiger partial charge in [0.1, 0.15) is 0 Å². The first kappa shape index (κ1) is 18.7. The van der Waals surface area contributed by atoms with Crippen LogP contribution in [0, 0.1) is 6.92 Å². The van der Waals surface area contributed by atoms with Crippen molar-refractivity contribution in [2.75, 3.05) is 0 Å². The highest BCUT2D eigenvalue weighted by Gasteiger charge is 2.18. The van der Waals surface area contributed by atoms with E-state index in [-0.39, 0.29) is 0 Å². The number of aryl methyl sites for hydroxylation is 2. The van der Waals surface area contributed by atoms with E-state index < -0.39 is 0 Å². The van der Waals surface area contributed by atoms with E-state index >= 15 is 0 Å². The SMILES string of the molecule is C=C(C)c1sccc1-c1c(C)ccc(CC)c1-c1ccc(C(C)C)cc1. The first-order valence-electron chi connectivity index (χ1n) is 9.40. The molecule has 1 aromatic heterocycles. The van der Waals surface area contributed by atoms with Crippen molar-refractivity contribution in [3.05, 3.63) is 76.0 Å². The molecular formula is C25H28S. The molecule has 134 valence electrons. The second-order valence-electron chi connectivity index (χ2n) is 7.37. The van der Waals surface area contributed by atoms with Crippen LogP contribution >= 0.6 is 11.3 Å². The maximum Gasteiger partial charge on any atom is 0.0372 e. The third kappa shape index (κ3) is 3.41. The molecule has 0 aliphatic rings. The van der Waals surface area contributed by atoms with Crippen LogP contribution in [0.3, 0.4) is 0 Å². The van der Waals surface area contributed by atoms with Gasteiger partial charge >= 0.3 is 0 Å². The van der Waals surface area contributed by atoms with Crippen LogP contribution in [0.5, 0.6) is 0 Å². The van der Waals surface area contributed by atoms with Crippen LogP contribution < -0.4 is 0 Å². The smallest absolute Gasteiger partial charge is 0.0372 e. The number of hydrogen-bond acceptors (Lipinski definition) is 1. The van der Waals surface area contributed by atoms with Gasteiger partial charge in [0.25, 0.3) is 0 Å². The van der Waals surface area contributed by atoms with Gasteiger partial charge in [0.2, 0.25) is 0 Å². The molecule has 3 rings (SSSR count). The van der Waals surface area contributed by atoms with Crippen molar-refractivity contribution in [3.63, 3.8) is 0 Å². The predicted octanol–water partition coefficient (Wildman–Crippen LogP) is 8.11. The van der Waals surface area contributed by atoms with Gasteiger partial charge in [-0.05, 0) is 76.6 Å². The van der Waals surface area contributed by atoms with Gasteiger partial charge in [-0.25, -0.2) is 0 Å². The largest absolute Gasteiger partial charge is 0.144 e. The molecule has 0 bridgehead atoms. The molecular weight excluding hydrogens is 332 g/mol. The van der Waals surface area contributed by atoms with Crippen molar-refractivity contribution in [2.24, 2.45) is 0 Å². The van der Waals surface area contributed by atoms with Crippen LogP contribution in [0.15, 0.2) is 54.4 Å². The fourth-order valence-electron chi connectivity index (χ4n) is 3.59. The van der Waals surface area contributed by atoms with E-state index in [1.165, 1.54) is 43.8 Å². The summed E-state index contributed by atoms with van der Waals surface area (Å²) in [6.45, 7) is 15.3. The minimum atomic E-state index is 0.554. The second-order valence-corrected chi connectivity index (χ2v) is 8.28. The van der Waals surface area contributed by atoms with Gasteiger partial charge in [-0.2, -0.15) is 0 Å². The molecule has 1 heterocycles. The summed E-state index contributed by atoms with van der Waals surface area (Å²) in [6, 6.07) is 15.9. The lowest BCUT2D eigenvalue weighted by Gasteiger charge is -2.19. The van der Waals surface area contributed by atoms with Crippen LogP contribution in [0.2, 0.25) is 0 Å². The second kappa shape index (κ2) is 7.63. The molecule has 0 radical (unpaired) electrons. The van der Waals surface area contributed by atoms with Gasteiger partial charge in [-0.3, -0.25) is 0 Å². The van der Waals surface area contributed by atoms with Crippen LogP contribution in [0.25, 0.3) is 27.8 Å². The Labute approximate surface area is 162 Å². The fraction of sp³-hybridized carbons (Fsp3) is 0.280. The van der Waals surface area contributed by atoms with Gasteiger partial charge < -0.3 is 0 Å². The summed E-state index contributed by atoms with van der Waals surface area (Å²) in [5.41, 5.74) is 10.6. The normalized spacial score (nSPS) is 11.2. The number of rotatable bonds is 5. The summed E-state index contributed by atoms with van der Waals surface area (Å²) in [6.07, 6.45) is 1.03. The van der Waals surface area contributed by atoms with E-state index in [1.54, 1.807) is 11.3 Å². The minimum absolute atomic E-state index is 0.554. The summed E-state index contributed by atoms with van der Waals surface area (Å²) in [4.78, 5) is 1.29. The minimum Gasteiger partial charge on any atom is -0.144 e. The average Bonchev–Trinajstić information content (AvgIpc) is 3.11. The van der Waals surface area contributed by atoms with Crippen LogP contribution in [0.4, 0.5) is 0 Å². The highest BCUT2D eigenvalue weighted by Crippen LogP contribution is 2.42. The monoisotopic (exact) mass is 360 g/mol. The third-order valence-corrected chi connectivity index (χ3v) is 6.15. The first-order chi connectivity index (χ1) is 12.4. The zero-order valence-electron chi connectivity index (χ0n) is 16.5. The van der Waals surface area contributed by atoms with E-state index in [0.29, 0.717) is 5.92 Å². The zero-order chi connectivity index (χ0) is 18.8. The molecule has 1 heteroatoms. The third-order valence-electron chi connectivity index (χ3n) is 5.07. The number of hydrogen-bond donors (Lipinski definition) is 0. The van der Waals surface area contributed by atoms with E-state index in [1.807, 2.05) is 0 Å². The van der Waals surface area contributed by atoms with Gasteiger partial charge in [-0.15, -0.1) is 11.3 Å². The summed E-state index contributed by atoms with van der Waals surface area (Å²) >= 11 is 1.79. The molecule has 0 nitrogen and oxygen atoms in total. The van der Waals surface area contributed by atoms with Crippen LogP contribution in [0.1, 0.15) is 55.2 Å². The summed E-state index contributed by atoms with van der Waals surface area (Å²) in [5.74, 6) is 0.554. The van der Waals surface area contributed by atoms with Crippen molar-refractivity contribution in [1.29, 1.82) is 0 Å². The molecule has 0 saturated carbocycles. The molecule has 0 N–H and O–H groups in total. The first-order valence-corrected chi connectivity index (χ1v) is 10.3. The lowest BCUT2D eigenvalue weighted by Crippen LogP contribution is -1.96. The topological polar surface area (TPSA) is 0 Å². The van der Waals surface area contributed by atoms with E-state index in [0.717, 1.165) is 12.0 Å². The van der Waals surface area contributed by atoms with Crippen molar-refractivity contribution < 1.29 is 0 Å². The number of benzene rings is 2. The number of allylic oxidation sites excluding steroid dienone is 1. The Morgan fingerprint density at radius 2 is 1.69 bits per heavy atom. The maximum absolute atomic E-state index is 4.20. The molecule has 26 heavy (non-hydrogen) atoms. The van der Waals surface area contributed by atoms with Crippen molar-refractivity contribution >= 4 is 16.9 Å². The Morgan fingerprint density at radius 3 is 2.27 bits per heavy atom. The molecule has 2 aromatic carbocycles. The van der Waals surface area contributed by atoms with E-state index in [2.05, 4.69) is 89.0 Å². The van der Waals surface area contributed by atoms with Crippen LogP contribution in [-0.4, -0.2) is 0 Å². The Bertz CT molecular complexity index is 923. The lowest BCUT2D eigenvalue weighted by atomic mass is 9.85. The molecule has 0 amide bonds. The molecule has 0 saturated heterocycles. The lowest BCUT2D eigenvalue weighted by molar-refractivity contribution is 0.867. The van der Waals surface area contributed by atoms with Gasteiger partial charge in [0.05, 0.1) is 0 Å². The van der Waals surface area contributed by atoms with Gasteiger partial charge in [-0.1, -0.05) is 63.7 Å². The summed E-state index contributed by atoms with van der Waals surface area (Å²) in [7, 11) is 0. The highest BCUT2D eigenvalue weighted by molar-refractivity contribution is 7.11. The molecule has 0 atom stereocenters. The molecule has 0 spiro atoms. The fourth-order valence-corrected chi connectivity index (χ4v) is 4.43. The van der Waals surface area contributed by atoms with Crippen molar-refractivity contribution in [2.45, 2.75) is 47.0 Å². The Balaban J connectivity index is 2.28. The maximum atomic E-state index is 4.20. The average molecular weight is 361 g/mol. The molecule has 3 aromatic rings. The summed E-state index contributed by atoms with van der Waals surface area (Å²) in [5, 5.41) is 2.18. The van der Waals surface area contributed by atoms with Gasteiger partial charge in [0, 0.05) is 10.4 Å². The van der Waals surface area contributed by atoms with Gasteiger partial charge in [0.15, 0.2) is 0 Å². The highest BCUT2D eigenvalue weighted by atomic mass is 32.1. The van der Waals surface area contributed by atoms with E-state index in [4.69, 9.17) is 0 Å². The van der Waals surface area contributed by atoms with Crippen LogP contribution in [-0.2, 0) is 6.42 Å². The standard InChI is InChI=1S/C25H28S/c1-7-19-9-8-18(6)23(22-14-15-26-25(22)17(4)5)24(19)21-12-10-20(11-13-21)16(2)3/h8-16H,4,7H2,1-3,5-6H3. The zero-order valence-corrected chi connectivity index (χ0v) is 17.3. The Hall–Kier alpha value is -2.12. The molecule has 0 unspecified atom stereocenters. The summed E-state index contributed by atoms with van der Waals surface area (Å²) < 4.78 is 0. The van der Waals surface area contributed by atoms with Crippen molar-refractivity contribution in [1.82, 2.24) is 0 Å². The predicted molar refractivity (Wildman–Crippen MR) is 118 cm³/mol. The Morgan fingerprint density at radius 1 is 1.00 bits per heavy atom. The number of thiophene rings is 1. The quantitative estimate of drug-likeness (QED) is 0.431.